The molecule has 32 heavy (non-hydrogen) atoms. The van der Waals surface area contributed by atoms with E-state index in [9.17, 15) is 24.0 Å². The van der Waals surface area contributed by atoms with E-state index in [0.717, 1.165) is 16.0 Å². The van der Waals surface area contributed by atoms with Crippen LogP contribution in [-0.2, 0) is 14.4 Å². The van der Waals surface area contributed by atoms with Gasteiger partial charge < -0.3 is 14.8 Å². The third kappa shape index (κ3) is 4.32. The van der Waals surface area contributed by atoms with E-state index in [1.165, 1.54) is 15.9 Å². The number of benzene rings is 1. The van der Waals surface area contributed by atoms with Crippen LogP contribution in [0.25, 0.3) is 11.3 Å². The van der Waals surface area contributed by atoms with Crippen molar-refractivity contribution in [2.24, 2.45) is 0 Å². The normalized spacial score (nSPS) is 16.6. The zero-order chi connectivity index (χ0) is 22.8. The Morgan fingerprint density at radius 1 is 0.906 bits per heavy atom. The van der Waals surface area contributed by atoms with Crippen molar-refractivity contribution in [1.29, 1.82) is 0 Å². The van der Waals surface area contributed by atoms with Gasteiger partial charge in [0.2, 0.25) is 17.7 Å². The highest BCUT2D eigenvalue weighted by Crippen LogP contribution is 2.18. The van der Waals surface area contributed by atoms with Gasteiger partial charge in [0.25, 0.3) is 11.5 Å². The summed E-state index contributed by atoms with van der Waals surface area (Å²) in [6.07, 6.45) is 0.289. The maximum atomic E-state index is 12.9. The number of aryl methyl sites for hydroxylation is 1. The number of nitrogens with zero attached hydrogens (tertiary/aromatic N) is 3. The molecule has 2 aliphatic heterocycles. The molecule has 0 radical (unpaired) electrons. The summed E-state index contributed by atoms with van der Waals surface area (Å²) in [5, 5.41) is 0. The largest absolute Gasteiger partial charge is 0.338 e. The van der Waals surface area contributed by atoms with Crippen LogP contribution in [0.1, 0.15) is 28.8 Å². The lowest BCUT2D eigenvalue weighted by Gasteiger charge is -2.35. The van der Waals surface area contributed by atoms with Gasteiger partial charge in [-0.25, -0.2) is 0 Å². The third-order valence-electron chi connectivity index (χ3n) is 5.84. The second-order valence-corrected chi connectivity index (χ2v) is 8.03. The number of nitrogens with one attached hydrogen (secondary N) is 1. The Morgan fingerprint density at radius 2 is 1.56 bits per heavy atom. The Hall–Kier alpha value is -3.75. The van der Waals surface area contributed by atoms with E-state index >= 15 is 0 Å². The molecule has 9 heteroatoms. The SMILES string of the molecule is Cc1cccc(-c2ccc(C(=O)N3CCN(C(=O)CN4C(=O)CCC4=O)CC3)c(=O)[nH]2)c1. The van der Waals surface area contributed by atoms with E-state index in [0.29, 0.717) is 5.69 Å². The molecule has 2 aliphatic rings. The molecule has 166 valence electrons. The fourth-order valence-corrected chi connectivity index (χ4v) is 3.99. The summed E-state index contributed by atoms with van der Waals surface area (Å²) >= 11 is 0. The summed E-state index contributed by atoms with van der Waals surface area (Å²) in [6.45, 7) is 2.80. The summed E-state index contributed by atoms with van der Waals surface area (Å²) in [6, 6.07) is 10.9. The van der Waals surface area contributed by atoms with Gasteiger partial charge >= 0.3 is 0 Å². The number of hydrogen-bond donors (Lipinski definition) is 1. The van der Waals surface area contributed by atoms with Crippen LogP contribution >= 0.6 is 0 Å². The molecule has 2 saturated heterocycles. The van der Waals surface area contributed by atoms with Crippen molar-refractivity contribution in [3.63, 3.8) is 0 Å². The molecule has 0 unspecified atom stereocenters. The number of hydrogen-bond acceptors (Lipinski definition) is 5. The molecule has 3 heterocycles. The smallest absolute Gasteiger partial charge is 0.261 e. The number of carbonyl (C=O) groups is 4. The number of aromatic amines is 1. The van der Waals surface area contributed by atoms with Crippen LogP contribution in [0.3, 0.4) is 0 Å². The van der Waals surface area contributed by atoms with Crippen molar-refractivity contribution in [1.82, 2.24) is 19.7 Å². The molecule has 0 aliphatic carbocycles. The second-order valence-electron chi connectivity index (χ2n) is 8.03. The number of amides is 4. The predicted molar refractivity (Wildman–Crippen MR) is 116 cm³/mol. The summed E-state index contributed by atoms with van der Waals surface area (Å²) in [5.41, 5.74) is 2.15. The fourth-order valence-electron chi connectivity index (χ4n) is 3.99. The predicted octanol–water partition coefficient (Wildman–Crippen LogP) is 0.784. The minimum absolute atomic E-state index is 0.0504. The van der Waals surface area contributed by atoms with Crippen molar-refractivity contribution in [2.45, 2.75) is 19.8 Å². The van der Waals surface area contributed by atoms with E-state index in [4.69, 9.17) is 0 Å². The molecular weight excluding hydrogens is 412 g/mol. The lowest BCUT2D eigenvalue weighted by molar-refractivity contribution is -0.146. The zero-order valence-corrected chi connectivity index (χ0v) is 17.8. The van der Waals surface area contributed by atoms with Gasteiger partial charge in [0.15, 0.2) is 0 Å². The minimum Gasteiger partial charge on any atom is -0.338 e. The van der Waals surface area contributed by atoms with E-state index in [2.05, 4.69) is 4.98 Å². The number of H-pyrrole nitrogens is 1. The molecule has 0 atom stereocenters. The van der Waals surface area contributed by atoms with E-state index in [1.807, 2.05) is 31.2 Å². The van der Waals surface area contributed by atoms with Gasteiger partial charge in [-0.3, -0.25) is 28.9 Å². The molecule has 0 bridgehead atoms. The van der Waals surface area contributed by atoms with Crippen molar-refractivity contribution >= 4 is 23.6 Å². The van der Waals surface area contributed by atoms with Crippen LogP contribution in [0.15, 0.2) is 41.2 Å². The van der Waals surface area contributed by atoms with Crippen LogP contribution in [0.4, 0.5) is 0 Å². The monoisotopic (exact) mass is 436 g/mol. The molecule has 1 aromatic carbocycles. The maximum Gasteiger partial charge on any atom is 0.261 e. The standard InChI is InChI=1S/C23H24N4O5/c1-15-3-2-4-16(13-15)18-6-5-17(22(31)24-18)23(32)26-11-9-25(10-12-26)21(30)14-27-19(28)7-8-20(27)29/h2-6,13H,7-12,14H2,1H3,(H,24,31). The van der Waals surface area contributed by atoms with Crippen LogP contribution in [0.2, 0.25) is 0 Å². The molecule has 2 aromatic rings. The van der Waals surface area contributed by atoms with E-state index in [1.54, 1.807) is 6.07 Å². The van der Waals surface area contributed by atoms with E-state index < -0.39 is 5.56 Å². The summed E-state index contributed by atoms with van der Waals surface area (Å²) < 4.78 is 0. The van der Waals surface area contributed by atoms with E-state index in [-0.39, 0.29) is 74.8 Å². The van der Waals surface area contributed by atoms with Gasteiger partial charge in [-0.05, 0) is 30.7 Å². The molecule has 1 aromatic heterocycles. The first kappa shape index (κ1) is 21.5. The van der Waals surface area contributed by atoms with Gasteiger partial charge in [0.05, 0.1) is 0 Å². The highest BCUT2D eigenvalue weighted by atomic mass is 16.2. The topological polar surface area (TPSA) is 111 Å². The summed E-state index contributed by atoms with van der Waals surface area (Å²) in [7, 11) is 0. The molecule has 1 N–H and O–H groups in total. The molecular formula is C23H24N4O5. The Morgan fingerprint density at radius 3 is 2.19 bits per heavy atom. The molecule has 9 nitrogen and oxygen atoms in total. The van der Waals surface area contributed by atoms with Gasteiger partial charge in [-0.15, -0.1) is 0 Å². The number of carbonyl (C=O) groups excluding carboxylic acids is 4. The number of likely N-dealkylation sites (tertiary alicyclic amines) is 1. The third-order valence-corrected chi connectivity index (χ3v) is 5.84. The first-order valence-electron chi connectivity index (χ1n) is 10.5. The van der Waals surface area contributed by atoms with Crippen LogP contribution in [-0.4, -0.2) is 76.0 Å². The van der Waals surface area contributed by atoms with Crippen molar-refractivity contribution < 1.29 is 19.2 Å². The Bertz CT molecular complexity index is 1130. The lowest BCUT2D eigenvalue weighted by atomic mass is 10.1. The van der Waals surface area contributed by atoms with Gasteiger partial charge in [-0.2, -0.15) is 0 Å². The number of pyridine rings is 1. The average molecular weight is 436 g/mol. The van der Waals surface area contributed by atoms with Crippen molar-refractivity contribution in [3.8, 4) is 11.3 Å². The highest BCUT2D eigenvalue weighted by Gasteiger charge is 2.33. The highest BCUT2D eigenvalue weighted by molar-refractivity contribution is 6.04. The number of rotatable bonds is 4. The van der Waals surface area contributed by atoms with Crippen LogP contribution in [0, 0.1) is 6.92 Å². The van der Waals surface area contributed by atoms with Gasteiger partial charge in [0.1, 0.15) is 12.1 Å². The number of aromatic nitrogens is 1. The number of piperazine rings is 1. The fraction of sp³-hybridized carbons (Fsp3) is 0.348. The molecule has 0 saturated carbocycles. The average Bonchev–Trinajstić information content (AvgIpc) is 3.10. The molecule has 0 spiro atoms. The Labute approximate surface area is 184 Å². The lowest BCUT2D eigenvalue weighted by Crippen LogP contribution is -2.53. The first-order valence-corrected chi connectivity index (χ1v) is 10.5. The van der Waals surface area contributed by atoms with Gasteiger partial charge in [-0.1, -0.05) is 23.8 Å². The first-order chi connectivity index (χ1) is 15.3. The van der Waals surface area contributed by atoms with Crippen molar-refractivity contribution in [3.05, 3.63) is 57.9 Å². The minimum atomic E-state index is -0.460. The molecule has 4 rings (SSSR count). The van der Waals surface area contributed by atoms with Crippen LogP contribution in [0.5, 0.6) is 0 Å². The van der Waals surface area contributed by atoms with Crippen LogP contribution < -0.4 is 5.56 Å². The quantitative estimate of drug-likeness (QED) is 0.713. The summed E-state index contributed by atoms with van der Waals surface area (Å²) in [4.78, 5) is 68.2. The molecule has 4 amide bonds. The second kappa shape index (κ2) is 8.78. The Kier molecular flexibility index (Phi) is 5.89. The number of imide groups is 1. The summed E-state index contributed by atoms with van der Waals surface area (Å²) in [5.74, 6) is -1.36. The van der Waals surface area contributed by atoms with Gasteiger partial charge in [0, 0.05) is 44.7 Å². The molecule has 2 fully saturated rings. The maximum absolute atomic E-state index is 12.9. The van der Waals surface area contributed by atoms with Crippen molar-refractivity contribution in [2.75, 3.05) is 32.7 Å². The Balaban J connectivity index is 1.38. The zero-order valence-electron chi connectivity index (χ0n) is 17.8.